The van der Waals surface area contributed by atoms with Crippen molar-refractivity contribution in [2.45, 2.75) is 13.0 Å². The number of aliphatic imine (C=N–C) groups is 3. The Labute approximate surface area is 187 Å². The number of carbonyl (C=O) groups excluding carboxylic acids is 1. The molecule has 33 heavy (non-hydrogen) atoms. The van der Waals surface area contributed by atoms with E-state index in [0.29, 0.717) is 5.69 Å². The number of anilines is 1. The quantitative estimate of drug-likeness (QED) is 0.532. The van der Waals surface area contributed by atoms with E-state index in [0.717, 1.165) is 23.3 Å². The van der Waals surface area contributed by atoms with Crippen LogP contribution in [0.25, 0.3) is 0 Å². The van der Waals surface area contributed by atoms with Gasteiger partial charge in [0.2, 0.25) is 11.9 Å². The standard InChI is InChI=1S/C22H21F3N6O2/c1-12-3-4-13(10-26-2)7-17(12)28-20-29-22(33)30(5-6-32)21-27-11-18(31(20)21)14-8-15(23)19(25)16(24)9-14/h3-4,7-10,18,32H,5-6,11H2,1-2H3,(H,28,29,33)/b26-10-. The Bertz CT molecular complexity index is 1170. The first kappa shape index (κ1) is 22.5. The first-order valence-corrected chi connectivity index (χ1v) is 10.1. The van der Waals surface area contributed by atoms with E-state index in [1.807, 2.05) is 25.1 Å². The van der Waals surface area contributed by atoms with Gasteiger partial charge in [0.25, 0.3) is 0 Å². The van der Waals surface area contributed by atoms with Gasteiger partial charge in [0, 0.05) is 18.9 Å². The molecule has 0 radical (unpaired) electrons. The zero-order chi connectivity index (χ0) is 23.7. The molecular formula is C22H21F3N6O2. The van der Waals surface area contributed by atoms with Gasteiger partial charge in [0.1, 0.15) is 0 Å². The molecule has 1 unspecified atom stereocenters. The molecule has 4 rings (SSSR count). The Morgan fingerprint density at radius 2 is 1.97 bits per heavy atom. The molecule has 0 aliphatic carbocycles. The smallest absolute Gasteiger partial charge is 0.353 e. The van der Waals surface area contributed by atoms with Crippen LogP contribution < -0.4 is 5.32 Å². The molecule has 0 saturated carbocycles. The van der Waals surface area contributed by atoms with Gasteiger partial charge in [-0.2, -0.15) is 4.99 Å². The van der Waals surface area contributed by atoms with E-state index in [1.165, 1.54) is 9.80 Å². The number of urea groups is 1. The van der Waals surface area contributed by atoms with Crippen LogP contribution in [0.5, 0.6) is 0 Å². The average Bonchev–Trinajstić information content (AvgIpc) is 3.22. The second-order valence-electron chi connectivity index (χ2n) is 7.50. The summed E-state index contributed by atoms with van der Waals surface area (Å²) in [5, 5.41) is 12.5. The number of aliphatic hydroxyl groups is 1. The summed E-state index contributed by atoms with van der Waals surface area (Å²) < 4.78 is 41.5. The molecule has 2 aliphatic heterocycles. The van der Waals surface area contributed by atoms with E-state index in [9.17, 15) is 23.1 Å². The lowest BCUT2D eigenvalue weighted by Crippen LogP contribution is -2.55. The fourth-order valence-corrected chi connectivity index (χ4v) is 3.74. The van der Waals surface area contributed by atoms with Crippen molar-refractivity contribution in [2.24, 2.45) is 15.0 Å². The average molecular weight is 458 g/mol. The first-order valence-electron chi connectivity index (χ1n) is 10.1. The zero-order valence-corrected chi connectivity index (χ0v) is 17.9. The summed E-state index contributed by atoms with van der Waals surface area (Å²) in [4.78, 5) is 27.8. The van der Waals surface area contributed by atoms with Crippen molar-refractivity contribution in [3.63, 3.8) is 0 Å². The van der Waals surface area contributed by atoms with Crippen molar-refractivity contribution in [1.82, 2.24) is 9.80 Å². The number of hydrogen-bond acceptors (Lipinski definition) is 6. The van der Waals surface area contributed by atoms with Crippen LogP contribution in [0.4, 0.5) is 23.7 Å². The summed E-state index contributed by atoms with van der Waals surface area (Å²) in [7, 11) is 1.64. The summed E-state index contributed by atoms with van der Waals surface area (Å²) in [5.41, 5.74) is 2.42. The van der Waals surface area contributed by atoms with Gasteiger partial charge in [-0.15, -0.1) is 0 Å². The van der Waals surface area contributed by atoms with Crippen LogP contribution in [-0.4, -0.2) is 65.8 Å². The third kappa shape index (κ3) is 4.19. The van der Waals surface area contributed by atoms with Gasteiger partial charge >= 0.3 is 6.03 Å². The fraction of sp³-hybridized carbons (Fsp3) is 0.273. The number of rotatable bonds is 5. The highest BCUT2D eigenvalue weighted by Gasteiger charge is 2.42. The molecule has 0 aromatic heterocycles. The van der Waals surface area contributed by atoms with Crippen molar-refractivity contribution >= 4 is 29.9 Å². The van der Waals surface area contributed by atoms with E-state index in [-0.39, 0.29) is 37.2 Å². The van der Waals surface area contributed by atoms with Crippen LogP contribution in [-0.2, 0) is 0 Å². The topological polar surface area (TPSA) is 92.9 Å². The molecule has 0 spiro atoms. The lowest BCUT2D eigenvalue weighted by Gasteiger charge is -2.36. The monoisotopic (exact) mass is 458 g/mol. The van der Waals surface area contributed by atoms with E-state index >= 15 is 0 Å². The number of guanidine groups is 2. The van der Waals surface area contributed by atoms with Gasteiger partial charge in [-0.3, -0.25) is 14.8 Å². The second kappa shape index (κ2) is 9.02. The van der Waals surface area contributed by atoms with Crippen LogP contribution in [0.3, 0.4) is 0 Å². The van der Waals surface area contributed by atoms with Crippen LogP contribution in [0.1, 0.15) is 22.7 Å². The molecule has 2 aromatic rings. The molecule has 2 heterocycles. The number of fused-ring (bicyclic) bond motifs is 1. The minimum Gasteiger partial charge on any atom is -0.395 e. The molecular weight excluding hydrogens is 437 g/mol. The van der Waals surface area contributed by atoms with E-state index in [4.69, 9.17) is 0 Å². The number of nitrogens with one attached hydrogen (secondary N) is 1. The van der Waals surface area contributed by atoms with Crippen LogP contribution in [0, 0.1) is 24.4 Å². The van der Waals surface area contributed by atoms with Crippen molar-refractivity contribution in [1.29, 1.82) is 0 Å². The third-order valence-corrected chi connectivity index (χ3v) is 5.34. The van der Waals surface area contributed by atoms with Crippen LogP contribution in [0.15, 0.2) is 45.3 Å². The zero-order valence-electron chi connectivity index (χ0n) is 17.9. The SMILES string of the molecule is C/N=C\c1ccc(C)c(NC2=NC(=O)N(CCO)C3=NCC(c4cc(F)c(F)c(F)c4)N23)c1. The second-order valence-corrected chi connectivity index (χ2v) is 7.50. The summed E-state index contributed by atoms with van der Waals surface area (Å²) in [5.74, 6) is -3.95. The number of nitrogens with zero attached hydrogens (tertiary/aromatic N) is 5. The van der Waals surface area contributed by atoms with Gasteiger partial charge in [0.05, 0.1) is 25.7 Å². The normalized spacial score (nSPS) is 18.0. The Hall–Kier alpha value is -3.73. The largest absolute Gasteiger partial charge is 0.395 e. The number of hydrogen-bond donors (Lipinski definition) is 2. The molecule has 11 heteroatoms. The highest BCUT2D eigenvalue weighted by Crippen LogP contribution is 2.33. The maximum Gasteiger partial charge on any atom is 0.353 e. The Morgan fingerprint density at radius 1 is 1.24 bits per heavy atom. The Balaban J connectivity index is 1.77. The number of amides is 2. The van der Waals surface area contributed by atoms with Crippen LogP contribution in [0.2, 0.25) is 0 Å². The minimum atomic E-state index is -1.56. The predicted molar refractivity (Wildman–Crippen MR) is 118 cm³/mol. The fourth-order valence-electron chi connectivity index (χ4n) is 3.74. The molecule has 2 aromatic carbocycles. The number of aryl methyl sites for hydroxylation is 1. The number of benzene rings is 2. The molecule has 0 saturated heterocycles. The molecule has 0 fully saturated rings. The van der Waals surface area contributed by atoms with Crippen molar-refractivity contribution in [3.05, 3.63) is 64.5 Å². The predicted octanol–water partition coefficient (Wildman–Crippen LogP) is 3.07. The third-order valence-electron chi connectivity index (χ3n) is 5.34. The van der Waals surface area contributed by atoms with E-state index < -0.39 is 29.5 Å². The lowest BCUT2D eigenvalue weighted by molar-refractivity contribution is 0.206. The van der Waals surface area contributed by atoms with Gasteiger partial charge in [-0.25, -0.2) is 23.0 Å². The minimum absolute atomic E-state index is 0.0390. The first-order chi connectivity index (χ1) is 15.8. The maximum absolute atomic E-state index is 14.0. The summed E-state index contributed by atoms with van der Waals surface area (Å²) in [6, 6.07) is 5.94. The highest BCUT2D eigenvalue weighted by atomic mass is 19.2. The molecule has 2 amide bonds. The van der Waals surface area contributed by atoms with Gasteiger partial charge in [0.15, 0.2) is 17.5 Å². The molecule has 0 bridgehead atoms. The molecule has 1 atom stereocenters. The maximum atomic E-state index is 14.0. The van der Waals surface area contributed by atoms with Crippen molar-refractivity contribution in [3.8, 4) is 0 Å². The molecule has 172 valence electrons. The number of β-amino-alcohol motifs (C(OH)–C–C–N with tert-alkyl or cyclic N) is 1. The highest BCUT2D eigenvalue weighted by molar-refractivity contribution is 6.17. The molecule has 2 N–H and O–H groups in total. The van der Waals surface area contributed by atoms with Crippen molar-refractivity contribution < 1.29 is 23.1 Å². The van der Waals surface area contributed by atoms with Crippen molar-refractivity contribution in [2.75, 3.05) is 32.1 Å². The summed E-state index contributed by atoms with van der Waals surface area (Å²) in [6.45, 7) is 1.50. The van der Waals surface area contributed by atoms with E-state index in [1.54, 1.807) is 13.3 Å². The summed E-state index contributed by atoms with van der Waals surface area (Å²) >= 11 is 0. The Kier molecular flexibility index (Phi) is 6.14. The van der Waals surface area contributed by atoms with Gasteiger partial charge in [-0.1, -0.05) is 12.1 Å². The molecule has 8 nitrogen and oxygen atoms in total. The Morgan fingerprint density at radius 3 is 2.64 bits per heavy atom. The van der Waals surface area contributed by atoms with Gasteiger partial charge in [-0.05, 0) is 41.8 Å². The molecule has 2 aliphatic rings. The van der Waals surface area contributed by atoms with Crippen LogP contribution >= 0.6 is 0 Å². The van der Waals surface area contributed by atoms with E-state index in [2.05, 4.69) is 20.3 Å². The van der Waals surface area contributed by atoms with Gasteiger partial charge < -0.3 is 10.4 Å². The number of carbonyl (C=O) groups is 1. The lowest BCUT2D eigenvalue weighted by atomic mass is 10.1. The number of halogens is 3. The summed E-state index contributed by atoms with van der Waals surface area (Å²) in [6.07, 6.45) is 1.66. The number of aliphatic hydroxyl groups excluding tert-OH is 1.